The van der Waals surface area contributed by atoms with Gasteiger partial charge in [0.1, 0.15) is 0 Å². The fourth-order valence-corrected chi connectivity index (χ4v) is 2.79. The summed E-state index contributed by atoms with van der Waals surface area (Å²) in [6.07, 6.45) is 0. The number of nitrogens with two attached hydrogens (primary N) is 1. The molecule has 0 spiro atoms. The molecule has 0 fully saturated rings. The van der Waals surface area contributed by atoms with Gasteiger partial charge in [-0.3, -0.25) is 4.79 Å². The Kier molecular flexibility index (Phi) is 6.79. The summed E-state index contributed by atoms with van der Waals surface area (Å²) in [7, 11) is 3.99. The first-order valence-electron chi connectivity index (χ1n) is 5.67. The summed E-state index contributed by atoms with van der Waals surface area (Å²) < 4.78 is 0. The molecule has 0 saturated carbocycles. The lowest BCUT2D eigenvalue weighted by molar-refractivity contribution is -0.113. The molecule has 0 aliphatic heterocycles. The molecule has 0 aliphatic carbocycles. The van der Waals surface area contributed by atoms with E-state index in [0.29, 0.717) is 27.2 Å². The summed E-state index contributed by atoms with van der Waals surface area (Å²) in [5.74, 6) is 1.13. The van der Waals surface area contributed by atoms with Crippen molar-refractivity contribution in [3.63, 3.8) is 0 Å². The number of amides is 1. The van der Waals surface area contributed by atoms with Gasteiger partial charge in [0, 0.05) is 18.0 Å². The van der Waals surface area contributed by atoms with Crippen LogP contribution in [0.4, 0.5) is 11.4 Å². The van der Waals surface area contributed by atoms with E-state index in [0.717, 1.165) is 12.3 Å². The number of carbonyl (C=O) groups is 1. The minimum Gasteiger partial charge on any atom is -0.399 e. The van der Waals surface area contributed by atoms with Crippen LogP contribution in [0.3, 0.4) is 0 Å². The highest BCUT2D eigenvalue weighted by molar-refractivity contribution is 7.99. The van der Waals surface area contributed by atoms with E-state index in [1.807, 2.05) is 14.1 Å². The molecule has 0 atom stereocenters. The molecule has 0 aromatic heterocycles. The summed E-state index contributed by atoms with van der Waals surface area (Å²) >= 11 is 13.5. The molecule has 0 bridgehead atoms. The first-order valence-corrected chi connectivity index (χ1v) is 7.58. The molecule has 0 unspecified atom stereocenters. The SMILES string of the molecule is CN(C)CCSCC(=O)Nc1c(Cl)cc(N)cc1Cl. The third kappa shape index (κ3) is 5.91. The lowest BCUT2D eigenvalue weighted by Gasteiger charge is -2.11. The highest BCUT2D eigenvalue weighted by atomic mass is 35.5. The van der Waals surface area contributed by atoms with Crippen LogP contribution in [0, 0.1) is 0 Å². The molecule has 0 radical (unpaired) electrons. The number of benzene rings is 1. The van der Waals surface area contributed by atoms with E-state index in [2.05, 4.69) is 10.2 Å². The predicted octanol–water partition coefficient (Wildman–Crippen LogP) is 2.81. The van der Waals surface area contributed by atoms with Crippen LogP contribution in [0.1, 0.15) is 0 Å². The van der Waals surface area contributed by atoms with Gasteiger partial charge < -0.3 is 16.0 Å². The summed E-state index contributed by atoms with van der Waals surface area (Å²) in [6.45, 7) is 0.932. The molecule has 1 rings (SSSR count). The minimum atomic E-state index is -0.127. The number of thioether (sulfide) groups is 1. The van der Waals surface area contributed by atoms with E-state index < -0.39 is 0 Å². The van der Waals surface area contributed by atoms with Gasteiger partial charge in [0.2, 0.25) is 5.91 Å². The van der Waals surface area contributed by atoms with Crippen molar-refractivity contribution in [2.45, 2.75) is 0 Å². The second-order valence-electron chi connectivity index (χ2n) is 4.26. The number of carbonyl (C=O) groups excluding carboxylic acids is 1. The number of rotatable bonds is 6. The van der Waals surface area contributed by atoms with E-state index in [4.69, 9.17) is 28.9 Å². The summed E-state index contributed by atoms with van der Waals surface area (Å²) in [4.78, 5) is 13.8. The second kappa shape index (κ2) is 7.85. The molecule has 0 saturated heterocycles. The van der Waals surface area contributed by atoms with Crippen molar-refractivity contribution < 1.29 is 4.79 Å². The topological polar surface area (TPSA) is 58.4 Å². The average Bonchev–Trinajstić information content (AvgIpc) is 2.29. The van der Waals surface area contributed by atoms with Crippen LogP contribution >= 0.6 is 35.0 Å². The van der Waals surface area contributed by atoms with Gasteiger partial charge in [0.05, 0.1) is 21.5 Å². The number of anilines is 2. The van der Waals surface area contributed by atoms with Gasteiger partial charge in [0.15, 0.2) is 0 Å². The van der Waals surface area contributed by atoms with Crippen molar-refractivity contribution in [3.05, 3.63) is 22.2 Å². The Morgan fingerprint density at radius 1 is 1.37 bits per heavy atom. The number of halogens is 2. The molecule has 106 valence electrons. The van der Waals surface area contributed by atoms with Crippen LogP contribution in [-0.2, 0) is 4.79 Å². The average molecular weight is 322 g/mol. The first-order chi connectivity index (χ1) is 8.90. The number of nitrogens with zero attached hydrogens (tertiary/aromatic N) is 1. The van der Waals surface area contributed by atoms with Gasteiger partial charge in [0.25, 0.3) is 0 Å². The van der Waals surface area contributed by atoms with E-state index in [1.165, 1.54) is 0 Å². The van der Waals surface area contributed by atoms with Crippen molar-refractivity contribution in [1.82, 2.24) is 4.90 Å². The molecule has 1 amide bonds. The van der Waals surface area contributed by atoms with Gasteiger partial charge in [-0.25, -0.2) is 0 Å². The zero-order chi connectivity index (χ0) is 14.4. The zero-order valence-corrected chi connectivity index (χ0v) is 13.2. The Morgan fingerprint density at radius 2 is 1.95 bits per heavy atom. The maximum absolute atomic E-state index is 11.8. The lowest BCUT2D eigenvalue weighted by Crippen LogP contribution is -2.18. The normalized spacial score (nSPS) is 10.8. The van der Waals surface area contributed by atoms with Gasteiger partial charge in [-0.1, -0.05) is 23.2 Å². The molecular formula is C12H17Cl2N3OS. The highest BCUT2D eigenvalue weighted by Crippen LogP contribution is 2.32. The summed E-state index contributed by atoms with van der Waals surface area (Å²) in [5, 5.41) is 3.39. The fourth-order valence-electron chi connectivity index (χ4n) is 1.30. The Balaban J connectivity index is 2.49. The van der Waals surface area contributed by atoms with Crippen molar-refractivity contribution in [2.24, 2.45) is 0 Å². The Labute approximate surface area is 127 Å². The molecule has 7 heteroatoms. The first kappa shape index (κ1) is 16.4. The molecule has 0 aliphatic rings. The molecule has 19 heavy (non-hydrogen) atoms. The number of hydrogen-bond donors (Lipinski definition) is 2. The monoisotopic (exact) mass is 321 g/mol. The van der Waals surface area contributed by atoms with Crippen LogP contribution in [-0.4, -0.2) is 43.0 Å². The molecule has 3 N–H and O–H groups in total. The van der Waals surface area contributed by atoms with Crippen LogP contribution in [0.5, 0.6) is 0 Å². The minimum absolute atomic E-state index is 0.127. The number of nitrogen functional groups attached to an aromatic ring is 1. The second-order valence-corrected chi connectivity index (χ2v) is 6.18. The fraction of sp³-hybridized carbons (Fsp3) is 0.417. The van der Waals surface area contributed by atoms with E-state index in [9.17, 15) is 4.79 Å². The van der Waals surface area contributed by atoms with Gasteiger partial charge in [-0.15, -0.1) is 0 Å². The Bertz CT molecular complexity index is 432. The zero-order valence-electron chi connectivity index (χ0n) is 10.9. The van der Waals surface area contributed by atoms with Crippen LogP contribution in [0.15, 0.2) is 12.1 Å². The van der Waals surface area contributed by atoms with Crippen LogP contribution in [0.25, 0.3) is 0 Å². The standard InChI is InChI=1S/C12H17Cl2N3OS/c1-17(2)3-4-19-7-11(18)16-12-9(13)5-8(15)6-10(12)14/h5-6H,3-4,7,15H2,1-2H3,(H,16,18). The van der Waals surface area contributed by atoms with Crippen LogP contribution < -0.4 is 11.1 Å². The van der Waals surface area contributed by atoms with Crippen molar-refractivity contribution in [1.29, 1.82) is 0 Å². The van der Waals surface area contributed by atoms with Gasteiger partial charge in [-0.05, 0) is 26.2 Å². The Hall–Kier alpha value is -0.620. The van der Waals surface area contributed by atoms with E-state index >= 15 is 0 Å². The third-order valence-corrected chi connectivity index (χ3v) is 3.78. The van der Waals surface area contributed by atoms with Crippen molar-refractivity contribution >= 4 is 52.2 Å². The van der Waals surface area contributed by atoms with Crippen LogP contribution in [0.2, 0.25) is 10.0 Å². The molecule has 1 aromatic rings. The molecular weight excluding hydrogens is 305 g/mol. The Morgan fingerprint density at radius 3 is 2.47 bits per heavy atom. The summed E-state index contributed by atoms with van der Waals surface area (Å²) in [6, 6.07) is 3.12. The maximum Gasteiger partial charge on any atom is 0.234 e. The highest BCUT2D eigenvalue weighted by Gasteiger charge is 2.11. The largest absolute Gasteiger partial charge is 0.399 e. The third-order valence-electron chi connectivity index (χ3n) is 2.24. The quantitative estimate of drug-likeness (QED) is 0.625. The molecule has 1 aromatic carbocycles. The smallest absolute Gasteiger partial charge is 0.234 e. The molecule has 0 heterocycles. The van der Waals surface area contributed by atoms with Crippen molar-refractivity contribution in [2.75, 3.05) is 43.2 Å². The van der Waals surface area contributed by atoms with E-state index in [1.54, 1.807) is 23.9 Å². The maximum atomic E-state index is 11.8. The number of nitrogens with one attached hydrogen (secondary N) is 1. The van der Waals surface area contributed by atoms with E-state index in [-0.39, 0.29) is 5.91 Å². The summed E-state index contributed by atoms with van der Waals surface area (Å²) in [5.41, 5.74) is 6.47. The number of hydrogen-bond acceptors (Lipinski definition) is 4. The predicted molar refractivity (Wildman–Crippen MR) is 85.4 cm³/mol. The van der Waals surface area contributed by atoms with Gasteiger partial charge >= 0.3 is 0 Å². The van der Waals surface area contributed by atoms with Gasteiger partial charge in [-0.2, -0.15) is 11.8 Å². The molecule has 4 nitrogen and oxygen atoms in total. The van der Waals surface area contributed by atoms with Crippen molar-refractivity contribution in [3.8, 4) is 0 Å². The lowest BCUT2D eigenvalue weighted by atomic mass is 10.3.